The van der Waals surface area contributed by atoms with Crippen LogP contribution in [0.25, 0.3) is 0 Å². The van der Waals surface area contributed by atoms with Crippen LogP contribution in [0.1, 0.15) is 25.3 Å². The van der Waals surface area contributed by atoms with Crippen LogP contribution in [0.2, 0.25) is 0 Å². The van der Waals surface area contributed by atoms with Crippen LogP contribution in [-0.2, 0) is 11.3 Å². The molecule has 1 aliphatic rings. The van der Waals surface area contributed by atoms with Crippen molar-refractivity contribution in [2.45, 2.75) is 31.8 Å². The molecule has 1 aromatic rings. The Labute approximate surface area is 143 Å². The first-order valence-electron chi connectivity index (χ1n) is 8.04. The highest BCUT2D eigenvalue weighted by Crippen LogP contribution is 2.39. The Kier molecular flexibility index (Phi) is 5.68. The first kappa shape index (κ1) is 18.1. The molecule has 24 heavy (non-hydrogen) atoms. The number of benzene rings is 1. The van der Waals surface area contributed by atoms with Crippen molar-refractivity contribution in [1.82, 2.24) is 10.2 Å². The van der Waals surface area contributed by atoms with Gasteiger partial charge in [0.2, 0.25) is 5.91 Å². The summed E-state index contributed by atoms with van der Waals surface area (Å²) in [5, 5.41) is 12.2. The Bertz CT molecular complexity index is 637. The number of para-hydroxylation sites is 1. The highest BCUT2D eigenvalue weighted by atomic mass is 16.5. The van der Waals surface area contributed by atoms with Crippen LogP contribution in [0.4, 0.5) is 0 Å². The van der Waals surface area contributed by atoms with Gasteiger partial charge in [-0.15, -0.1) is 0 Å². The van der Waals surface area contributed by atoms with Crippen LogP contribution in [0.3, 0.4) is 0 Å². The Morgan fingerprint density at radius 2 is 2.12 bits per heavy atom. The van der Waals surface area contributed by atoms with Crippen molar-refractivity contribution in [3.8, 4) is 17.6 Å². The molecular formula is C18H25N3O3. The van der Waals surface area contributed by atoms with Crippen molar-refractivity contribution in [2.75, 3.05) is 27.8 Å². The molecule has 1 aromatic carbocycles. The normalized spacial score (nSPS) is 16.2. The molecule has 0 aliphatic heterocycles. The Hall–Kier alpha value is -2.26. The topological polar surface area (TPSA) is 74.6 Å². The van der Waals surface area contributed by atoms with Gasteiger partial charge in [0.25, 0.3) is 0 Å². The van der Waals surface area contributed by atoms with Gasteiger partial charge >= 0.3 is 0 Å². The van der Waals surface area contributed by atoms with Crippen molar-refractivity contribution < 1.29 is 14.3 Å². The van der Waals surface area contributed by atoms with Crippen LogP contribution in [0.5, 0.6) is 11.5 Å². The van der Waals surface area contributed by atoms with Crippen molar-refractivity contribution in [1.29, 1.82) is 5.26 Å². The van der Waals surface area contributed by atoms with E-state index in [2.05, 4.69) is 11.4 Å². The van der Waals surface area contributed by atoms with E-state index in [1.807, 2.05) is 30.1 Å². The molecule has 130 valence electrons. The molecule has 0 unspecified atom stereocenters. The maximum Gasteiger partial charge on any atom is 0.235 e. The molecule has 1 saturated carbocycles. The summed E-state index contributed by atoms with van der Waals surface area (Å²) >= 11 is 0. The molecule has 1 N–H and O–H groups in total. The maximum absolute atomic E-state index is 12.3. The van der Waals surface area contributed by atoms with Gasteiger partial charge in [-0.05, 0) is 38.8 Å². The number of hydrogen-bond donors (Lipinski definition) is 1. The lowest BCUT2D eigenvalue weighted by Crippen LogP contribution is -2.49. The van der Waals surface area contributed by atoms with Crippen molar-refractivity contribution >= 4 is 5.91 Å². The lowest BCUT2D eigenvalue weighted by atomic mass is 9.98. The number of nitrogens with one attached hydrogen (secondary N) is 1. The summed E-state index contributed by atoms with van der Waals surface area (Å²) in [4.78, 5) is 14.2. The van der Waals surface area contributed by atoms with E-state index in [0.717, 1.165) is 18.4 Å². The molecule has 6 nitrogen and oxygen atoms in total. The zero-order chi connectivity index (χ0) is 17.7. The van der Waals surface area contributed by atoms with E-state index < -0.39 is 5.54 Å². The van der Waals surface area contributed by atoms with E-state index in [1.165, 1.54) is 0 Å². The van der Waals surface area contributed by atoms with Crippen molar-refractivity contribution in [3.63, 3.8) is 0 Å². The van der Waals surface area contributed by atoms with Crippen LogP contribution < -0.4 is 14.8 Å². The Balaban J connectivity index is 1.97. The second-order valence-corrected chi connectivity index (χ2v) is 6.46. The van der Waals surface area contributed by atoms with Gasteiger partial charge in [-0.3, -0.25) is 9.69 Å². The predicted octanol–water partition coefficient (Wildman–Crippen LogP) is 1.94. The van der Waals surface area contributed by atoms with Gasteiger partial charge in [0.1, 0.15) is 5.54 Å². The minimum atomic E-state index is -0.758. The number of carbonyl (C=O) groups excluding carboxylic acids is 1. The largest absolute Gasteiger partial charge is 0.493 e. The first-order valence-corrected chi connectivity index (χ1v) is 8.04. The number of nitriles is 1. The molecule has 2 rings (SSSR count). The number of nitrogens with zero attached hydrogens (tertiary/aromatic N) is 2. The van der Waals surface area contributed by atoms with Gasteiger partial charge in [-0.1, -0.05) is 12.1 Å². The SMILES string of the molecule is COc1cccc(CN(C)CC(=O)N[C@@](C)(C#N)C2CC2)c1OC. The number of ether oxygens (including phenoxy) is 2. The van der Waals surface area contributed by atoms with Gasteiger partial charge in [0, 0.05) is 12.1 Å². The summed E-state index contributed by atoms with van der Waals surface area (Å²) in [6.07, 6.45) is 2.00. The fraction of sp³-hybridized carbons (Fsp3) is 0.556. The summed E-state index contributed by atoms with van der Waals surface area (Å²) in [7, 11) is 5.06. The number of carbonyl (C=O) groups is 1. The minimum Gasteiger partial charge on any atom is -0.493 e. The minimum absolute atomic E-state index is 0.143. The summed E-state index contributed by atoms with van der Waals surface area (Å²) in [6, 6.07) is 7.91. The summed E-state index contributed by atoms with van der Waals surface area (Å²) in [6.45, 7) is 2.55. The van der Waals surface area contributed by atoms with E-state index in [0.29, 0.717) is 18.0 Å². The van der Waals surface area contributed by atoms with Gasteiger partial charge in [-0.25, -0.2) is 0 Å². The highest BCUT2D eigenvalue weighted by molar-refractivity contribution is 5.79. The third kappa shape index (κ3) is 4.18. The van der Waals surface area contributed by atoms with Crippen LogP contribution in [0, 0.1) is 17.2 Å². The molecule has 0 radical (unpaired) electrons. The number of amides is 1. The van der Waals surface area contributed by atoms with Crippen molar-refractivity contribution in [2.24, 2.45) is 5.92 Å². The molecule has 1 amide bonds. The number of rotatable bonds is 8. The molecule has 0 heterocycles. The third-order valence-corrected chi connectivity index (χ3v) is 4.36. The Morgan fingerprint density at radius 3 is 2.67 bits per heavy atom. The van der Waals surface area contributed by atoms with E-state index in [9.17, 15) is 10.1 Å². The van der Waals surface area contributed by atoms with Gasteiger partial charge < -0.3 is 14.8 Å². The van der Waals surface area contributed by atoms with E-state index >= 15 is 0 Å². The van der Waals surface area contributed by atoms with Gasteiger partial charge in [0.05, 0.1) is 26.8 Å². The monoisotopic (exact) mass is 331 g/mol. The predicted molar refractivity (Wildman–Crippen MR) is 90.8 cm³/mol. The average molecular weight is 331 g/mol. The summed E-state index contributed by atoms with van der Waals surface area (Å²) in [5.74, 6) is 1.47. The average Bonchev–Trinajstić information content (AvgIpc) is 3.39. The second kappa shape index (κ2) is 7.54. The highest BCUT2D eigenvalue weighted by Gasteiger charge is 2.43. The van der Waals surface area contributed by atoms with E-state index in [4.69, 9.17) is 9.47 Å². The lowest BCUT2D eigenvalue weighted by molar-refractivity contribution is -0.123. The smallest absolute Gasteiger partial charge is 0.235 e. The molecule has 0 bridgehead atoms. The first-order chi connectivity index (χ1) is 11.4. The van der Waals surface area contributed by atoms with E-state index in [1.54, 1.807) is 21.1 Å². The summed E-state index contributed by atoms with van der Waals surface area (Å²) in [5.41, 5.74) is 0.184. The Morgan fingerprint density at radius 1 is 1.42 bits per heavy atom. The van der Waals surface area contributed by atoms with Crippen LogP contribution >= 0.6 is 0 Å². The van der Waals surface area contributed by atoms with Gasteiger partial charge in [0.15, 0.2) is 11.5 Å². The van der Waals surface area contributed by atoms with Crippen LogP contribution in [-0.4, -0.2) is 44.2 Å². The molecule has 1 aliphatic carbocycles. The second-order valence-electron chi connectivity index (χ2n) is 6.46. The van der Waals surface area contributed by atoms with Crippen LogP contribution in [0.15, 0.2) is 18.2 Å². The zero-order valence-electron chi connectivity index (χ0n) is 14.8. The fourth-order valence-electron chi connectivity index (χ4n) is 2.88. The van der Waals surface area contributed by atoms with Crippen molar-refractivity contribution in [3.05, 3.63) is 23.8 Å². The quantitative estimate of drug-likeness (QED) is 0.788. The number of likely N-dealkylation sites (N-methyl/N-ethyl adjacent to an activating group) is 1. The molecule has 6 heteroatoms. The lowest BCUT2D eigenvalue weighted by Gasteiger charge is -2.25. The maximum atomic E-state index is 12.3. The number of methoxy groups -OCH3 is 2. The third-order valence-electron chi connectivity index (χ3n) is 4.36. The molecule has 0 spiro atoms. The molecule has 1 atom stereocenters. The number of hydrogen-bond acceptors (Lipinski definition) is 5. The molecule has 1 fully saturated rings. The van der Waals surface area contributed by atoms with E-state index in [-0.39, 0.29) is 18.4 Å². The fourth-order valence-corrected chi connectivity index (χ4v) is 2.88. The standard InChI is InChI=1S/C18H25N3O3/c1-18(12-19,14-8-9-14)20-16(22)11-21(2)10-13-6-5-7-15(23-3)17(13)24-4/h5-7,14H,8-11H2,1-4H3,(H,20,22)/t18-/m0/s1. The molecular weight excluding hydrogens is 306 g/mol. The summed E-state index contributed by atoms with van der Waals surface area (Å²) < 4.78 is 10.7. The molecule has 0 aromatic heterocycles. The van der Waals surface area contributed by atoms with Gasteiger partial charge in [-0.2, -0.15) is 5.26 Å². The molecule has 0 saturated heterocycles. The zero-order valence-corrected chi connectivity index (χ0v) is 14.8.